The lowest BCUT2D eigenvalue weighted by molar-refractivity contribution is 0.439. The van der Waals surface area contributed by atoms with Crippen molar-refractivity contribution in [2.45, 2.75) is 0 Å². The van der Waals surface area contributed by atoms with E-state index in [0.717, 1.165) is 0 Å². The molecule has 0 amide bonds. The Balaban J connectivity index is 2.24. The minimum absolute atomic E-state index is 0.0141. The number of aromatic nitrogens is 3. The zero-order valence-corrected chi connectivity index (χ0v) is 11.2. The molecule has 1 aromatic carbocycles. The Kier molecular flexibility index (Phi) is 2.94. The fraction of sp³-hybridized carbons (Fsp3) is 0.0769. The molecule has 0 spiro atoms. The Hall–Kier alpha value is -2.34. The summed E-state index contributed by atoms with van der Waals surface area (Å²) in [4.78, 5) is 0. The Bertz CT molecular complexity index is 781. The molecule has 0 saturated heterocycles. The monoisotopic (exact) mass is 292 g/mol. The normalized spacial score (nSPS) is 10.9. The van der Waals surface area contributed by atoms with E-state index in [1.165, 1.54) is 6.07 Å². The quantitative estimate of drug-likeness (QED) is 0.788. The molecule has 0 saturated carbocycles. The molecule has 0 aliphatic carbocycles. The van der Waals surface area contributed by atoms with Crippen LogP contribution in [0.15, 0.2) is 35.1 Å². The number of nitrogen functional groups attached to an aromatic ring is 1. The average molecular weight is 293 g/mol. The molecule has 20 heavy (non-hydrogen) atoms. The number of rotatable bonds is 2. The molecule has 0 unspecified atom stereocenters. The van der Waals surface area contributed by atoms with Gasteiger partial charge in [0.2, 0.25) is 5.88 Å². The zero-order valence-electron chi connectivity index (χ0n) is 10.5. The second kappa shape index (κ2) is 4.64. The topological polar surface area (TPSA) is 69.9 Å². The highest BCUT2D eigenvalue weighted by molar-refractivity contribution is 6.31. The Morgan fingerprint density at radius 3 is 2.90 bits per heavy atom. The van der Waals surface area contributed by atoms with Crippen LogP contribution >= 0.6 is 11.6 Å². The van der Waals surface area contributed by atoms with Crippen molar-refractivity contribution in [3.05, 3.63) is 41.4 Å². The second-order valence-electron chi connectivity index (χ2n) is 4.27. The van der Waals surface area contributed by atoms with E-state index in [4.69, 9.17) is 21.9 Å². The highest BCUT2D eigenvalue weighted by atomic mass is 35.5. The number of halogens is 2. The van der Waals surface area contributed by atoms with Crippen molar-refractivity contribution >= 4 is 17.5 Å². The van der Waals surface area contributed by atoms with Gasteiger partial charge in [0.05, 0.1) is 16.8 Å². The molecular formula is C13H10ClFN4O. The van der Waals surface area contributed by atoms with Gasteiger partial charge >= 0.3 is 0 Å². The van der Waals surface area contributed by atoms with E-state index in [1.807, 2.05) is 0 Å². The number of nitrogens with two attached hydrogens (primary N) is 1. The lowest BCUT2D eigenvalue weighted by Crippen LogP contribution is -1.91. The maximum Gasteiger partial charge on any atom is 0.230 e. The van der Waals surface area contributed by atoms with Crippen molar-refractivity contribution in [2.75, 3.05) is 5.73 Å². The first kappa shape index (κ1) is 12.7. The van der Waals surface area contributed by atoms with Crippen LogP contribution in [0.5, 0.6) is 0 Å². The van der Waals surface area contributed by atoms with Crippen LogP contribution in [0.25, 0.3) is 22.4 Å². The third kappa shape index (κ3) is 1.94. The molecule has 0 fully saturated rings. The van der Waals surface area contributed by atoms with Crippen LogP contribution in [0, 0.1) is 5.82 Å². The third-order valence-corrected chi connectivity index (χ3v) is 3.21. The summed E-state index contributed by atoms with van der Waals surface area (Å²) in [6.45, 7) is 0. The zero-order chi connectivity index (χ0) is 14.3. The van der Waals surface area contributed by atoms with Crippen LogP contribution in [-0.2, 0) is 7.05 Å². The van der Waals surface area contributed by atoms with Gasteiger partial charge in [-0.25, -0.2) is 4.39 Å². The smallest absolute Gasteiger partial charge is 0.230 e. The van der Waals surface area contributed by atoms with Crippen molar-refractivity contribution in [3.63, 3.8) is 0 Å². The highest BCUT2D eigenvalue weighted by Gasteiger charge is 2.22. The van der Waals surface area contributed by atoms with E-state index >= 15 is 0 Å². The predicted octanol–water partition coefficient (Wildman–Crippen LogP) is 3.12. The van der Waals surface area contributed by atoms with Crippen LogP contribution in [0.1, 0.15) is 0 Å². The summed E-state index contributed by atoms with van der Waals surface area (Å²) in [6, 6.07) is 4.68. The third-order valence-electron chi connectivity index (χ3n) is 2.92. The molecule has 0 radical (unpaired) electrons. The summed E-state index contributed by atoms with van der Waals surface area (Å²) in [5, 5.41) is 7.95. The predicted molar refractivity (Wildman–Crippen MR) is 73.5 cm³/mol. The van der Waals surface area contributed by atoms with Gasteiger partial charge in [0.15, 0.2) is 0 Å². The van der Waals surface area contributed by atoms with Crippen LogP contribution in [0.3, 0.4) is 0 Å². The first-order valence-electron chi connectivity index (χ1n) is 5.76. The lowest BCUT2D eigenvalue weighted by atomic mass is 10.0. The van der Waals surface area contributed by atoms with Gasteiger partial charge in [0.25, 0.3) is 0 Å². The Labute approximate surface area is 118 Å². The standard InChI is InChI=1S/C13H10ClFN4O/c1-19-6-7(5-17-19)12-10(13(16)20-18-12)8-3-2-4-9(14)11(8)15/h2-6H,16H2,1H3. The summed E-state index contributed by atoms with van der Waals surface area (Å²) >= 11 is 5.80. The first-order chi connectivity index (χ1) is 9.58. The van der Waals surface area contributed by atoms with Crippen molar-refractivity contribution in [1.29, 1.82) is 0 Å². The summed E-state index contributed by atoms with van der Waals surface area (Å²) in [6.07, 6.45) is 3.34. The fourth-order valence-corrected chi connectivity index (χ4v) is 2.18. The Morgan fingerprint density at radius 1 is 1.40 bits per heavy atom. The number of benzene rings is 1. The van der Waals surface area contributed by atoms with Crippen molar-refractivity contribution < 1.29 is 8.91 Å². The van der Waals surface area contributed by atoms with Gasteiger partial charge in [-0.05, 0) is 6.07 Å². The van der Waals surface area contributed by atoms with Gasteiger partial charge in [0, 0.05) is 24.4 Å². The van der Waals surface area contributed by atoms with Crippen molar-refractivity contribution in [2.24, 2.45) is 7.05 Å². The van der Waals surface area contributed by atoms with E-state index in [-0.39, 0.29) is 16.5 Å². The lowest BCUT2D eigenvalue weighted by Gasteiger charge is -2.04. The van der Waals surface area contributed by atoms with Crippen molar-refractivity contribution in [3.8, 4) is 22.4 Å². The van der Waals surface area contributed by atoms with Crippen LogP contribution in [-0.4, -0.2) is 14.9 Å². The molecule has 0 aliphatic heterocycles. The maximum absolute atomic E-state index is 14.2. The summed E-state index contributed by atoms with van der Waals surface area (Å²) in [5.74, 6) is -0.528. The molecule has 2 aromatic heterocycles. The molecule has 0 aliphatic rings. The van der Waals surface area contributed by atoms with Crippen molar-refractivity contribution in [1.82, 2.24) is 14.9 Å². The van der Waals surface area contributed by atoms with E-state index in [2.05, 4.69) is 10.3 Å². The molecule has 3 aromatic rings. The highest BCUT2D eigenvalue weighted by Crippen LogP contribution is 2.38. The number of hydrogen-bond acceptors (Lipinski definition) is 4. The SMILES string of the molecule is Cn1cc(-c2noc(N)c2-c2cccc(Cl)c2F)cn1. The molecule has 0 atom stereocenters. The first-order valence-corrected chi connectivity index (χ1v) is 6.14. The molecule has 2 N–H and O–H groups in total. The Morgan fingerprint density at radius 2 is 2.20 bits per heavy atom. The van der Waals surface area contributed by atoms with Gasteiger partial charge in [-0.2, -0.15) is 5.10 Å². The van der Waals surface area contributed by atoms with Gasteiger partial charge in [-0.3, -0.25) is 4.68 Å². The van der Waals surface area contributed by atoms with Crippen LogP contribution in [0.2, 0.25) is 5.02 Å². The number of hydrogen-bond donors (Lipinski definition) is 1. The summed E-state index contributed by atoms with van der Waals surface area (Å²) in [5.41, 5.74) is 7.50. The summed E-state index contributed by atoms with van der Waals surface area (Å²) in [7, 11) is 1.77. The van der Waals surface area contributed by atoms with Gasteiger partial charge < -0.3 is 10.3 Å². The van der Waals surface area contributed by atoms with E-state index in [1.54, 1.807) is 36.3 Å². The maximum atomic E-state index is 14.2. The van der Waals surface area contributed by atoms with Crippen LogP contribution < -0.4 is 5.73 Å². The second-order valence-corrected chi connectivity index (χ2v) is 4.68. The van der Waals surface area contributed by atoms with Crippen LogP contribution in [0.4, 0.5) is 10.3 Å². The molecule has 5 nitrogen and oxygen atoms in total. The van der Waals surface area contributed by atoms with E-state index in [0.29, 0.717) is 16.8 Å². The fourth-order valence-electron chi connectivity index (χ4n) is 2.00. The minimum Gasteiger partial charge on any atom is -0.367 e. The minimum atomic E-state index is -0.561. The number of aryl methyl sites for hydroxylation is 1. The van der Waals surface area contributed by atoms with E-state index in [9.17, 15) is 4.39 Å². The number of anilines is 1. The molecule has 2 heterocycles. The molecular weight excluding hydrogens is 283 g/mol. The van der Waals surface area contributed by atoms with Gasteiger partial charge in [0.1, 0.15) is 11.5 Å². The summed E-state index contributed by atoms with van der Waals surface area (Å²) < 4.78 is 20.8. The molecule has 3 rings (SSSR count). The van der Waals surface area contributed by atoms with Gasteiger partial charge in [-0.15, -0.1) is 0 Å². The largest absolute Gasteiger partial charge is 0.367 e. The van der Waals surface area contributed by atoms with Gasteiger partial charge in [-0.1, -0.05) is 28.9 Å². The molecule has 7 heteroatoms. The number of nitrogens with zero attached hydrogens (tertiary/aromatic N) is 3. The average Bonchev–Trinajstić information content (AvgIpc) is 2.99. The van der Waals surface area contributed by atoms with E-state index < -0.39 is 5.82 Å². The molecule has 0 bridgehead atoms. The molecule has 102 valence electrons.